The van der Waals surface area contributed by atoms with E-state index < -0.39 is 5.60 Å². The molecule has 0 radical (unpaired) electrons. The molecule has 0 aromatic carbocycles. The molecule has 2 rings (SSSR count). The van der Waals surface area contributed by atoms with Crippen LogP contribution in [0.5, 0.6) is 0 Å². The van der Waals surface area contributed by atoms with Crippen LogP contribution in [0, 0.1) is 11.8 Å². The predicted octanol–water partition coefficient (Wildman–Crippen LogP) is 2.33. The smallest absolute Gasteiger partial charge is 0.105 e. The minimum Gasteiger partial charge on any atom is -0.386 e. The second-order valence-corrected chi connectivity index (χ2v) is 6.55. The van der Waals surface area contributed by atoms with Gasteiger partial charge in [0.05, 0.1) is 6.10 Å². The van der Waals surface area contributed by atoms with E-state index in [0.29, 0.717) is 19.2 Å². The van der Waals surface area contributed by atoms with E-state index in [2.05, 4.69) is 19.2 Å². The van der Waals surface area contributed by atoms with Gasteiger partial charge in [-0.3, -0.25) is 0 Å². The van der Waals surface area contributed by atoms with Crippen LogP contribution < -0.4 is 5.32 Å². The van der Waals surface area contributed by atoms with E-state index in [1.165, 1.54) is 25.7 Å². The Balaban J connectivity index is 1.88. The van der Waals surface area contributed by atoms with E-state index in [4.69, 9.17) is 4.74 Å². The van der Waals surface area contributed by atoms with Crippen molar-refractivity contribution in [3.05, 3.63) is 0 Å². The largest absolute Gasteiger partial charge is 0.386 e. The van der Waals surface area contributed by atoms with Crippen LogP contribution in [0.15, 0.2) is 0 Å². The van der Waals surface area contributed by atoms with Crippen LogP contribution in [-0.2, 0) is 4.74 Å². The summed E-state index contributed by atoms with van der Waals surface area (Å²) in [5, 5.41) is 14.2. The Morgan fingerprint density at radius 2 is 2.06 bits per heavy atom. The summed E-state index contributed by atoms with van der Waals surface area (Å²) < 4.78 is 5.49. The van der Waals surface area contributed by atoms with Crippen LogP contribution in [0.3, 0.4) is 0 Å². The van der Waals surface area contributed by atoms with Crippen molar-refractivity contribution in [3.8, 4) is 0 Å². The monoisotopic (exact) mass is 255 g/mol. The Morgan fingerprint density at radius 3 is 2.67 bits per heavy atom. The molecular formula is C15H29NO2. The third kappa shape index (κ3) is 3.06. The maximum atomic E-state index is 10.5. The molecule has 18 heavy (non-hydrogen) atoms. The molecule has 2 fully saturated rings. The number of hydrogen-bond donors (Lipinski definition) is 2. The van der Waals surface area contributed by atoms with Gasteiger partial charge in [0.1, 0.15) is 5.60 Å². The summed E-state index contributed by atoms with van der Waals surface area (Å²) in [4.78, 5) is 0. The Kier molecular flexibility index (Phi) is 4.68. The lowest BCUT2D eigenvalue weighted by atomic mass is 9.77. The van der Waals surface area contributed by atoms with Gasteiger partial charge in [-0.1, -0.05) is 26.7 Å². The van der Waals surface area contributed by atoms with Crippen molar-refractivity contribution >= 4 is 0 Å². The molecule has 2 aliphatic rings. The summed E-state index contributed by atoms with van der Waals surface area (Å²) in [6.45, 7) is 8.00. The molecule has 0 spiro atoms. The van der Waals surface area contributed by atoms with E-state index in [9.17, 15) is 5.11 Å². The van der Waals surface area contributed by atoms with E-state index in [1.807, 2.05) is 6.92 Å². The van der Waals surface area contributed by atoms with E-state index in [1.54, 1.807) is 0 Å². The first kappa shape index (κ1) is 14.3. The lowest BCUT2D eigenvalue weighted by molar-refractivity contribution is -0.0301. The van der Waals surface area contributed by atoms with Gasteiger partial charge < -0.3 is 15.2 Å². The molecule has 0 bridgehead atoms. The zero-order valence-corrected chi connectivity index (χ0v) is 12.1. The fraction of sp³-hybridized carbons (Fsp3) is 1.00. The molecular weight excluding hydrogens is 226 g/mol. The van der Waals surface area contributed by atoms with Gasteiger partial charge in [0.2, 0.25) is 0 Å². The molecule has 0 aromatic rings. The third-order valence-electron chi connectivity index (χ3n) is 5.01. The zero-order chi connectivity index (χ0) is 13.2. The fourth-order valence-electron chi connectivity index (χ4n) is 3.52. The summed E-state index contributed by atoms with van der Waals surface area (Å²) >= 11 is 0. The van der Waals surface area contributed by atoms with Gasteiger partial charge in [0.25, 0.3) is 0 Å². The van der Waals surface area contributed by atoms with Crippen molar-refractivity contribution < 1.29 is 9.84 Å². The molecule has 4 atom stereocenters. The minimum atomic E-state index is -0.654. The van der Waals surface area contributed by atoms with Crippen LogP contribution in [0.2, 0.25) is 0 Å². The average molecular weight is 255 g/mol. The first-order valence-electron chi connectivity index (χ1n) is 7.60. The Labute approximate surface area is 111 Å². The second-order valence-electron chi connectivity index (χ2n) is 6.55. The Bertz CT molecular complexity index is 269. The molecule has 0 amide bonds. The number of aliphatic hydroxyl groups is 1. The second kappa shape index (κ2) is 5.89. The summed E-state index contributed by atoms with van der Waals surface area (Å²) in [6, 6.07) is 0.579. The maximum absolute atomic E-state index is 10.5. The SMILES string of the molecule is CC(C)C1CCCCC1NCC1(O)CCOC1C. The topological polar surface area (TPSA) is 41.5 Å². The summed E-state index contributed by atoms with van der Waals surface area (Å²) in [5.74, 6) is 1.50. The fourth-order valence-corrected chi connectivity index (χ4v) is 3.52. The van der Waals surface area contributed by atoms with E-state index >= 15 is 0 Å². The maximum Gasteiger partial charge on any atom is 0.105 e. The van der Waals surface area contributed by atoms with E-state index in [0.717, 1.165) is 18.3 Å². The molecule has 1 aliphatic carbocycles. The highest BCUT2D eigenvalue weighted by Crippen LogP contribution is 2.31. The predicted molar refractivity (Wildman–Crippen MR) is 73.6 cm³/mol. The summed E-state index contributed by atoms with van der Waals surface area (Å²) in [5.41, 5.74) is -0.654. The molecule has 1 heterocycles. The quantitative estimate of drug-likeness (QED) is 0.810. The number of ether oxygens (including phenoxy) is 1. The van der Waals surface area contributed by atoms with Crippen molar-refractivity contribution in [2.24, 2.45) is 11.8 Å². The standard InChI is InChI=1S/C15H29NO2/c1-11(2)13-6-4-5-7-14(13)16-10-15(17)8-9-18-12(15)3/h11-14,16-17H,4-10H2,1-3H3. The lowest BCUT2D eigenvalue weighted by Gasteiger charge is -2.37. The molecule has 1 aliphatic heterocycles. The number of rotatable bonds is 4. The van der Waals surface area contributed by atoms with E-state index in [-0.39, 0.29) is 6.10 Å². The minimum absolute atomic E-state index is 0.0360. The lowest BCUT2D eigenvalue weighted by Crippen LogP contribution is -2.51. The first-order chi connectivity index (χ1) is 8.53. The van der Waals surface area contributed by atoms with Crippen LogP contribution in [0.25, 0.3) is 0 Å². The number of nitrogens with one attached hydrogen (secondary N) is 1. The normalized spacial score (nSPS) is 41.5. The molecule has 3 nitrogen and oxygen atoms in total. The molecule has 3 heteroatoms. The van der Waals surface area contributed by atoms with Crippen LogP contribution in [0.1, 0.15) is 52.9 Å². The van der Waals surface area contributed by atoms with Crippen LogP contribution in [-0.4, -0.2) is 36.0 Å². The number of hydrogen-bond acceptors (Lipinski definition) is 3. The highest BCUT2D eigenvalue weighted by molar-refractivity contribution is 4.94. The van der Waals surface area contributed by atoms with Gasteiger partial charge in [-0.15, -0.1) is 0 Å². The van der Waals surface area contributed by atoms with Crippen LogP contribution in [0.4, 0.5) is 0 Å². The summed E-state index contributed by atoms with van der Waals surface area (Å²) in [6.07, 6.45) is 6.01. The molecule has 2 N–H and O–H groups in total. The van der Waals surface area contributed by atoms with Gasteiger partial charge in [0, 0.05) is 25.6 Å². The van der Waals surface area contributed by atoms with Gasteiger partial charge in [-0.25, -0.2) is 0 Å². The van der Waals surface area contributed by atoms with Crippen molar-refractivity contribution in [2.75, 3.05) is 13.2 Å². The molecule has 106 valence electrons. The average Bonchev–Trinajstić information content (AvgIpc) is 2.68. The van der Waals surface area contributed by atoms with Gasteiger partial charge in [0.15, 0.2) is 0 Å². The highest BCUT2D eigenvalue weighted by atomic mass is 16.5. The first-order valence-corrected chi connectivity index (χ1v) is 7.60. The highest BCUT2D eigenvalue weighted by Gasteiger charge is 2.40. The van der Waals surface area contributed by atoms with Crippen molar-refractivity contribution in [2.45, 2.75) is 70.6 Å². The van der Waals surface area contributed by atoms with Gasteiger partial charge in [-0.05, 0) is 31.6 Å². The Hall–Kier alpha value is -0.120. The zero-order valence-electron chi connectivity index (χ0n) is 12.1. The van der Waals surface area contributed by atoms with Crippen LogP contribution >= 0.6 is 0 Å². The molecule has 0 aromatic heterocycles. The third-order valence-corrected chi connectivity index (χ3v) is 5.01. The van der Waals surface area contributed by atoms with Crippen molar-refractivity contribution in [3.63, 3.8) is 0 Å². The molecule has 1 saturated heterocycles. The molecule has 4 unspecified atom stereocenters. The Morgan fingerprint density at radius 1 is 1.33 bits per heavy atom. The molecule has 1 saturated carbocycles. The van der Waals surface area contributed by atoms with Crippen molar-refractivity contribution in [1.82, 2.24) is 5.32 Å². The van der Waals surface area contributed by atoms with Gasteiger partial charge >= 0.3 is 0 Å². The van der Waals surface area contributed by atoms with Crippen molar-refractivity contribution in [1.29, 1.82) is 0 Å². The summed E-state index contributed by atoms with van der Waals surface area (Å²) in [7, 11) is 0. The van der Waals surface area contributed by atoms with Gasteiger partial charge in [-0.2, -0.15) is 0 Å².